The molecular weight excluding hydrogens is 246 g/mol. The molecule has 0 spiro atoms. The summed E-state index contributed by atoms with van der Waals surface area (Å²) in [7, 11) is 4.84. The second-order valence-corrected chi connectivity index (χ2v) is 4.00. The monoisotopic (exact) mass is 263 g/mol. The summed E-state index contributed by atoms with van der Waals surface area (Å²) in [6, 6.07) is 5.52. The number of nitrogens with zero attached hydrogens (tertiary/aromatic N) is 1. The third-order valence-corrected chi connectivity index (χ3v) is 2.80. The van der Waals surface area contributed by atoms with E-state index in [-0.39, 0.29) is 0 Å². The van der Waals surface area contributed by atoms with Crippen LogP contribution in [0.15, 0.2) is 18.2 Å². The molecule has 0 aliphatic heterocycles. The average Bonchev–Trinajstić information content (AvgIpc) is 2.85. The standard InChI is InChI=1S/C13H17N3O3/c1-17-7-8-4-11(18-2)12(19-3)5-9(8)10-6-13(14)16-15-10/h4-6H,7H2,1-3H3,(H3,14,15,16). The van der Waals surface area contributed by atoms with Gasteiger partial charge in [0.15, 0.2) is 11.5 Å². The van der Waals surface area contributed by atoms with E-state index in [2.05, 4.69) is 10.2 Å². The third kappa shape index (κ3) is 2.63. The van der Waals surface area contributed by atoms with Crippen molar-refractivity contribution in [2.45, 2.75) is 6.61 Å². The number of rotatable bonds is 5. The smallest absolute Gasteiger partial charge is 0.161 e. The fraction of sp³-hybridized carbons (Fsp3) is 0.308. The summed E-state index contributed by atoms with van der Waals surface area (Å²) in [6.07, 6.45) is 0. The molecule has 6 nitrogen and oxygen atoms in total. The van der Waals surface area contributed by atoms with Gasteiger partial charge in [-0.15, -0.1) is 0 Å². The van der Waals surface area contributed by atoms with Crippen LogP contribution >= 0.6 is 0 Å². The van der Waals surface area contributed by atoms with Crippen LogP contribution in [0.2, 0.25) is 0 Å². The maximum absolute atomic E-state index is 5.64. The number of aromatic nitrogens is 2. The van der Waals surface area contributed by atoms with Crippen molar-refractivity contribution in [1.29, 1.82) is 0 Å². The molecule has 3 N–H and O–H groups in total. The third-order valence-electron chi connectivity index (χ3n) is 2.80. The van der Waals surface area contributed by atoms with Crippen molar-refractivity contribution in [2.24, 2.45) is 0 Å². The lowest BCUT2D eigenvalue weighted by Gasteiger charge is -2.13. The molecular formula is C13H17N3O3. The van der Waals surface area contributed by atoms with Gasteiger partial charge in [0, 0.05) is 18.7 Å². The Kier molecular flexibility index (Phi) is 3.91. The van der Waals surface area contributed by atoms with Crippen molar-refractivity contribution in [1.82, 2.24) is 10.2 Å². The van der Waals surface area contributed by atoms with Gasteiger partial charge < -0.3 is 19.9 Å². The number of nitrogens with one attached hydrogen (secondary N) is 1. The first-order chi connectivity index (χ1) is 9.19. The molecule has 2 rings (SSSR count). The molecule has 0 aliphatic carbocycles. The summed E-state index contributed by atoms with van der Waals surface area (Å²) in [6.45, 7) is 0.453. The van der Waals surface area contributed by atoms with Gasteiger partial charge in [-0.05, 0) is 17.7 Å². The molecule has 19 heavy (non-hydrogen) atoms. The molecule has 0 unspecified atom stereocenters. The predicted molar refractivity (Wildman–Crippen MR) is 72.3 cm³/mol. The zero-order valence-corrected chi connectivity index (χ0v) is 11.2. The molecule has 1 heterocycles. The Balaban J connectivity index is 2.56. The van der Waals surface area contributed by atoms with Crippen LogP contribution in [0.5, 0.6) is 11.5 Å². The molecule has 102 valence electrons. The summed E-state index contributed by atoms with van der Waals surface area (Å²) < 4.78 is 15.8. The van der Waals surface area contributed by atoms with Crippen LogP contribution in [-0.2, 0) is 11.3 Å². The number of ether oxygens (including phenoxy) is 3. The molecule has 0 fully saturated rings. The number of H-pyrrole nitrogens is 1. The molecule has 0 bridgehead atoms. The van der Waals surface area contributed by atoms with Gasteiger partial charge in [0.05, 0.1) is 26.5 Å². The van der Waals surface area contributed by atoms with E-state index in [0.29, 0.717) is 23.9 Å². The molecule has 0 saturated heterocycles. The van der Waals surface area contributed by atoms with Crippen LogP contribution in [0.3, 0.4) is 0 Å². The van der Waals surface area contributed by atoms with Crippen LogP contribution < -0.4 is 15.2 Å². The second kappa shape index (κ2) is 5.62. The summed E-state index contributed by atoms with van der Waals surface area (Å²) in [5.74, 6) is 1.74. The zero-order valence-electron chi connectivity index (χ0n) is 11.2. The fourth-order valence-electron chi connectivity index (χ4n) is 1.92. The van der Waals surface area contributed by atoms with Gasteiger partial charge in [-0.1, -0.05) is 0 Å². The minimum absolute atomic E-state index is 0.438. The van der Waals surface area contributed by atoms with Gasteiger partial charge in [-0.2, -0.15) is 5.10 Å². The summed E-state index contributed by atoms with van der Waals surface area (Å²) in [5.41, 5.74) is 8.33. The lowest BCUT2D eigenvalue weighted by Crippen LogP contribution is -1.97. The Labute approximate surface area is 111 Å². The minimum atomic E-state index is 0.438. The number of nitrogens with two attached hydrogens (primary N) is 1. The first kappa shape index (κ1) is 13.2. The summed E-state index contributed by atoms with van der Waals surface area (Å²) in [4.78, 5) is 0. The molecule has 1 aromatic carbocycles. The molecule has 0 radical (unpaired) electrons. The van der Waals surface area contributed by atoms with Gasteiger partial charge in [0.2, 0.25) is 0 Å². The lowest BCUT2D eigenvalue weighted by molar-refractivity contribution is 0.185. The van der Waals surface area contributed by atoms with Crippen molar-refractivity contribution in [3.63, 3.8) is 0 Å². The van der Waals surface area contributed by atoms with E-state index in [4.69, 9.17) is 19.9 Å². The number of hydrogen-bond donors (Lipinski definition) is 2. The number of anilines is 1. The molecule has 0 aliphatic rings. The Morgan fingerprint density at radius 2 is 1.79 bits per heavy atom. The maximum atomic E-state index is 5.64. The molecule has 0 atom stereocenters. The van der Waals surface area contributed by atoms with Gasteiger partial charge in [0.1, 0.15) is 5.82 Å². The quantitative estimate of drug-likeness (QED) is 0.859. The Bertz CT molecular complexity index is 566. The normalized spacial score (nSPS) is 10.5. The van der Waals surface area contributed by atoms with E-state index < -0.39 is 0 Å². The Morgan fingerprint density at radius 3 is 2.32 bits per heavy atom. The molecule has 2 aromatic rings. The van der Waals surface area contributed by atoms with Gasteiger partial charge in [-0.25, -0.2) is 0 Å². The number of hydrogen-bond acceptors (Lipinski definition) is 5. The largest absolute Gasteiger partial charge is 0.493 e. The highest BCUT2D eigenvalue weighted by atomic mass is 16.5. The number of aromatic amines is 1. The van der Waals surface area contributed by atoms with Crippen molar-refractivity contribution in [3.05, 3.63) is 23.8 Å². The van der Waals surface area contributed by atoms with Crippen LogP contribution in [0.25, 0.3) is 11.3 Å². The highest BCUT2D eigenvalue weighted by molar-refractivity contribution is 5.70. The van der Waals surface area contributed by atoms with E-state index >= 15 is 0 Å². The number of benzene rings is 1. The Hall–Kier alpha value is -2.21. The minimum Gasteiger partial charge on any atom is -0.493 e. The highest BCUT2D eigenvalue weighted by Crippen LogP contribution is 2.35. The maximum Gasteiger partial charge on any atom is 0.161 e. The van der Waals surface area contributed by atoms with Crippen molar-refractivity contribution in [3.8, 4) is 22.8 Å². The molecule has 0 saturated carbocycles. The molecule has 1 aromatic heterocycles. The van der Waals surface area contributed by atoms with Crippen molar-refractivity contribution in [2.75, 3.05) is 27.1 Å². The van der Waals surface area contributed by atoms with E-state index in [9.17, 15) is 0 Å². The van der Waals surface area contributed by atoms with Crippen LogP contribution in [0.1, 0.15) is 5.56 Å². The van der Waals surface area contributed by atoms with Gasteiger partial charge in [-0.3, -0.25) is 5.10 Å². The fourth-order valence-corrected chi connectivity index (χ4v) is 1.92. The van der Waals surface area contributed by atoms with E-state index in [0.717, 1.165) is 16.8 Å². The van der Waals surface area contributed by atoms with Crippen LogP contribution in [-0.4, -0.2) is 31.5 Å². The van der Waals surface area contributed by atoms with Crippen LogP contribution in [0, 0.1) is 0 Å². The van der Waals surface area contributed by atoms with Gasteiger partial charge in [0.25, 0.3) is 0 Å². The van der Waals surface area contributed by atoms with E-state index in [1.54, 1.807) is 27.4 Å². The molecule has 0 amide bonds. The number of nitrogen functional groups attached to an aromatic ring is 1. The van der Waals surface area contributed by atoms with E-state index in [1.807, 2.05) is 12.1 Å². The Morgan fingerprint density at radius 1 is 1.11 bits per heavy atom. The van der Waals surface area contributed by atoms with Crippen molar-refractivity contribution < 1.29 is 14.2 Å². The van der Waals surface area contributed by atoms with E-state index in [1.165, 1.54) is 0 Å². The predicted octanol–water partition coefficient (Wildman–Crippen LogP) is 1.82. The zero-order chi connectivity index (χ0) is 13.8. The van der Waals surface area contributed by atoms with Crippen molar-refractivity contribution >= 4 is 5.82 Å². The van der Waals surface area contributed by atoms with Crippen LogP contribution in [0.4, 0.5) is 5.82 Å². The average molecular weight is 263 g/mol. The number of methoxy groups -OCH3 is 3. The molecule has 6 heteroatoms. The summed E-state index contributed by atoms with van der Waals surface area (Å²) >= 11 is 0. The highest BCUT2D eigenvalue weighted by Gasteiger charge is 2.14. The first-order valence-corrected chi connectivity index (χ1v) is 5.74. The van der Waals surface area contributed by atoms with Gasteiger partial charge >= 0.3 is 0 Å². The summed E-state index contributed by atoms with van der Waals surface area (Å²) in [5, 5.41) is 6.81. The lowest BCUT2D eigenvalue weighted by atomic mass is 10.0. The first-order valence-electron chi connectivity index (χ1n) is 5.74. The second-order valence-electron chi connectivity index (χ2n) is 4.00. The topological polar surface area (TPSA) is 82.4 Å². The SMILES string of the molecule is COCc1cc(OC)c(OC)cc1-c1cc(N)n[nH]1.